The summed E-state index contributed by atoms with van der Waals surface area (Å²) >= 11 is 0. The number of carboxylic acid groups (broad SMARTS) is 1. The van der Waals surface area contributed by atoms with Gasteiger partial charge in [0.05, 0.1) is 5.92 Å². The van der Waals surface area contributed by atoms with Crippen LogP contribution in [-0.2, 0) is 9.59 Å². The third-order valence-electron chi connectivity index (χ3n) is 4.37. The van der Waals surface area contributed by atoms with Crippen LogP contribution in [0.15, 0.2) is 0 Å². The van der Waals surface area contributed by atoms with E-state index in [4.69, 9.17) is 0 Å². The average molecular weight is 297 g/mol. The first-order chi connectivity index (χ1) is 9.95. The first-order valence-electron chi connectivity index (χ1n) is 7.55. The Morgan fingerprint density at radius 2 is 2.05 bits per heavy atom. The van der Waals surface area contributed by atoms with Crippen LogP contribution in [0.4, 0.5) is 4.79 Å². The van der Waals surface area contributed by atoms with E-state index in [9.17, 15) is 19.5 Å². The molecule has 2 rings (SSSR count). The minimum atomic E-state index is -0.839. The Kier molecular flexibility index (Phi) is 4.69. The summed E-state index contributed by atoms with van der Waals surface area (Å²) in [6.45, 7) is 4.17. The van der Waals surface area contributed by atoms with Crippen molar-refractivity contribution in [3.05, 3.63) is 0 Å². The fourth-order valence-electron chi connectivity index (χ4n) is 3.30. The van der Waals surface area contributed by atoms with Gasteiger partial charge >= 0.3 is 12.0 Å². The fourth-order valence-corrected chi connectivity index (χ4v) is 3.30. The number of carboxylic acids is 1. The van der Waals surface area contributed by atoms with Crippen molar-refractivity contribution in [3.8, 4) is 0 Å². The third-order valence-corrected chi connectivity index (χ3v) is 4.37. The number of carbonyl (C=O) groups excluding carboxylic acids is 2. The molecule has 2 saturated heterocycles. The number of aliphatic carboxylic acids is 1. The van der Waals surface area contributed by atoms with Crippen LogP contribution >= 0.6 is 0 Å². The predicted molar refractivity (Wildman–Crippen MR) is 75.7 cm³/mol. The van der Waals surface area contributed by atoms with Crippen LogP contribution in [0.3, 0.4) is 0 Å². The monoisotopic (exact) mass is 297 g/mol. The van der Waals surface area contributed by atoms with Gasteiger partial charge in [-0.3, -0.25) is 9.59 Å². The first-order valence-corrected chi connectivity index (χ1v) is 7.55. The Morgan fingerprint density at radius 3 is 2.62 bits per heavy atom. The Labute approximate surface area is 124 Å². The summed E-state index contributed by atoms with van der Waals surface area (Å²) in [5, 5.41) is 14.6. The molecule has 21 heavy (non-hydrogen) atoms. The minimum Gasteiger partial charge on any atom is -0.481 e. The van der Waals surface area contributed by atoms with E-state index in [1.54, 1.807) is 11.8 Å². The summed E-state index contributed by atoms with van der Waals surface area (Å²) in [4.78, 5) is 36.9. The van der Waals surface area contributed by atoms with Gasteiger partial charge in [-0.05, 0) is 32.6 Å². The summed E-state index contributed by atoms with van der Waals surface area (Å²) < 4.78 is 0. The standard InChI is InChI=1S/C14H23N3O4/c1-3-6-15-12(18)8(2)16-14(21)17-9-4-5-11(17)10(7-9)13(19)20/h8-11H,3-7H2,1-2H3,(H,15,18)(H,16,21)(H,19,20). The predicted octanol–water partition coefficient (Wildman–Crippen LogP) is 0.548. The zero-order valence-electron chi connectivity index (χ0n) is 12.5. The number of urea groups is 1. The molecule has 2 bridgehead atoms. The van der Waals surface area contributed by atoms with Gasteiger partial charge in [0.1, 0.15) is 6.04 Å². The molecule has 3 N–H and O–H groups in total. The number of carbonyl (C=O) groups is 3. The summed E-state index contributed by atoms with van der Waals surface area (Å²) in [5.74, 6) is -1.53. The zero-order chi connectivity index (χ0) is 15.6. The Morgan fingerprint density at radius 1 is 1.33 bits per heavy atom. The van der Waals surface area contributed by atoms with Crippen molar-refractivity contribution in [1.29, 1.82) is 0 Å². The van der Waals surface area contributed by atoms with Crippen LogP contribution in [0.1, 0.15) is 39.5 Å². The number of fused-ring (bicyclic) bond motifs is 2. The molecule has 2 aliphatic heterocycles. The van der Waals surface area contributed by atoms with E-state index in [0.717, 1.165) is 19.3 Å². The van der Waals surface area contributed by atoms with Crippen LogP contribution in [0.2, 0.25) is 0 Å². The van der Waals surface area contributed by atoms with Crippen molar-refractivity contribution in [2.45, 2.75) is 57.7 Å². The Balaban J connectivity index is 1.92. The van der Waals surface area contributed by atoms with E-state index in [-0.39, 0.29) is 24.0 Å². The highest BCUT2D eigenvalue weighted by Gasteiger charge is 2.51. The Bertz CT molecular complexity index is 440. The average Bonchev–Trinajstić information content (AvgIpc) is 3.02. The molecule has 7 nitrogen and oxygen atoms in total. The van der Waals surface area contributed by atoms with E-state index in [2.05, 4.69) is 10.6 Å². The SMILES string of the molecule is CCCNC(=O)C(C)NC(=O)N1C2CCC1C(C(=O)O)C2. The second-order valence-corrected chi connectivity index (χ2v) is 5.85. The quantitative estimate of drug-likeness (QED) is 0.690. The van der Waals surface area contributed by atoms with Crippen molar-refractivity contribution in [3.63, 3.8) is 0 Å². The Hall–Kier alpha value is -1.79. The van der Waals surface area contributed by atoms with Crippen molar-refractivity contribution in [2.24, 2.45) is 5.92 Å². The number of nitrogens with one attached hydrogen (secondary N) is 2. The molecule has 118 valence electrons. The molecule has 0 aliphatic carbocycles. The van der Waals surface area contributed by atoms with E-state index < -0.39 is 17.9 Å². The van der Waals surface area contributed by atoms with E-state index >= 15 is 0 Å². The largest absolute Gasteiger partial charge is 0.481 e. The molecular formula is C14H23N3O4. The maximum atomic E-state index is 12.3. The van der Waals surface area contributed by atoms with Gasteiger partial charge < -0.3 is 20.6 Å². The molecule has 0 spiro atoms. The van der Waals surface area contributed by atoms with Gasteiger partial charge in [0, 0.05) is 18.6 Å². The van der Waals surface area contributed by atoms with E-state index in [0.29, 0.717) is 13.0 Å². The van der Waals surface area contributed by atoms with Gasteiger partial charge in [-0.1, -0.05) is 6.92 Å². The molecule has 4 unspecified atom stereocenters. The third kappa shape index (κ3) is 3.11. The first kappa shape index (κ1) is 15.6. The summed E-state index contributed by atoms with van der Waals surface area (Å²) in [6, 6.07) is -1.20. The highest BCUT2D eigenvalue weighted by molar-refractivity contribution is 5.87. The maximum absolute atomic E-state index is 12.3. The normalized spacial score (nSPS) is 28.3. The highest BCUT2D eigenvalue weighted by Crippen LogP contribution is 2.41. The van der Waals surface area contributed by atoms with E-state index in [1.165, 1.54) is 0 Å². The van der Waals surface area contributed by atoms with Crippen LogP contribution < -0.4 is 10.6 Å². The van der Waals surface area contributed by atoms with Gasteiger partial charge in [0.2, 0.25) is 5.91 Å². The fraction of sp³-hybridized carbons (Fsp3) is 0.786. The van der Waals surface area contributed by atoms with Gasteiger partial charge in [-0.15, -0.1) is 0 Å². The molecule has 0 aromatic rings. The second kappa shape index (κ2) is 6.32. The number of hydrogen-bond donors (Lipinski definition) is 3. The lowest BCUT2D eigenvalue weighted by Gasteiger charge is -2.25. The minimum absolute atomic E-state index is 0.0120. The number of amides is 3. The van der Waals surface area contributed by atoms with Crippen molar-refractivity contribution in [2.75, 3.05) is 6.54 Å². The maximum Gasteiger partial charge on any atom is 0.318 e. The van der Waals surface area contributed by atoms with Gasteiger partial charge in [0.15, 0.2) is 0 Å². The lowest BCUT2D eigenvalue weighted by Crippen LogP contribution is -2.51. The number of hydrogen-bond acceptors (Lipinski definition) is 3. The molecule has 3 amide bonds. The summed E-state index contributed by atoms with van der Waals surface area (Å²) in [5.41, 5.74) is 0. The molecule has 7 heteroatoms. The van der Waals surface area contributed by atoms with Crippen LogP contribution in [0.5, 0.6) is 0 Å². The van der Waals surface area contributed by atoms with Crippen LogP contribution in [0.25, 0.3) is 0 Å². The number of rotatable bonds is 5. The zero-order valence-corrected chi connectivity index (χ0v) is 12.5. The van der Waals surface area contributed by atoms with Crippen molar-refractivity contribution >= 4 is 17.9 Å². The van der Waals surface area contributed by atoms with Gasteiger partial charge in [-0.25, -0.2) is 4.79 Å². The smallest absolute Gasteiger partial charge is 0.318 e. The van der Waals surface area contributed by atoms with Crippen molar-refractivity contribution in [1.82, 2.24) is 15.5 Å². The lowest BCUT2D eigenvalue weighted by atomic mass is 9.89. The second-order valence-electron chi connectivity index (χ2n) is 5.85. The molecule has 4 atom stereocenters. The molecule has 2 aliphatic rings. The molecule has 2 fully saturated rings. The number of nitrogens with zero attached hydrogens (tertiary/aromatic N) is 1. The lowest BCUT2D eigenvalue weighted by molar-refractivity contribution is -0.142. The van der Waals surface area contributed by atoms with Crippen LogP contribution in [0, 0.1) is 5.92 Å². The summed E-state index contributed by atoms with van der Waals surface area (Å²) in [7, 11) is 0. The van der Waals surface area contributed by atoms with Crippen LogP contribution in [-0.4, -0.2) is 52.6 Å². The molecule has 0 saturated carbocycles. The van der Waals surface area contributed by atoms with Gasteiger partial charge in [0.25, 0.3) is 0 Å². The van der Waals surface area contributed by atoms with E-state index in [1.807, 2.05) is 6.92 Å². The topological polar surface area (TPSA) is 98.7 Å². The molecule has 0 aromatic heterocycles. The van der Waals surface area contributed by atoms with Gasteiger partial charge in [-0.2, -0.15) is 0 Å². The molecule has 0 aromatic carbocycles. The molecule has 0 radical (unpaired) electrons. The molecular weight excluding hydrogens is 274 g/mol. The highest BCUT2D eigenvalue weighted by atomic mass is 16.4. The molecule has 2 heterocycles. The van der Waals surface area contributed by atoms with Crippen molar-refractivity contribution < 1.29 is 19.5 Å². The summed E-state index contributed by atoms with van der Waals surface area (Å²) in [6.07, 6.45) is 2.93.